The molecular weight excluding hydrogens is 514 g/mol. The van der Waals surface area contributed by atoms with E-state index in [0.717, 1.165) is 35.7 Å². The molecule has 0 atom stereocenters. The minimum Gasteiger partial charge on any atom is -0.283 e. The van der Waals surface area contributed by atoms with Gasteiger partial charge in [0.2, 0.25) is 0 Å². The standard InChI is InChI=1S/C29H37N5O4S/c1-21-27(28(36)34(32(21)5)24-12-8-6-9-13-24)33(39(37,38)25-14-10-7-11-15-25)20-26(35)31-30-23-18-16-22(17-19-23)29(2,3)4/h6-15,22H,16-20H2,1-5H3,(H,31,35). The third kappa shape index (κ3) is 6.00. The van der Waals surface area contributed by atoms with E-state index in [1.165, 1.54) is 16.8 Å². The second-order valence-corrected chi connectivity index (χ2v) is 13.0. The lowest BCUT2D eigenvalue weighted by Crippen LogP contribution is -2.42. The Morgan fingerprint density at radius 2 is 1.59 bits per heavy atom. The van der Waals surface area contributed by atoms with Crippen LogP contribution in [-0.4, -0.2) is 35.9 Å². The SMILES string of the molecule is Cc1c(N(CC(=O)NN=C2CCC(C(C)(C)C)CC2)S(=O)(=O)c2ccccc2)c(=O)n(-c2ccccc2)n1C. The van der Waals surface area contributed by atoms with Gasteiger partial charge in [-0.25, -0.2) is 22.8 Å². The average molecular weight is 552 g/mol. The molecule has 10 heteroatoms. The van der Waals surface area contributed by atoms with Gasteiger partial charge in [0.1, 0.15) is 12.2 Å². The van der Waals surface area contributed by atoms with Crippen molar-refractivity contribution in [1.82, 2.24) is 14.8 Å². The number of benzene rings is 2. The summed E-state index contributed by atoms with van der Waals surface area (Å²) in [6, 6.07) is 16.7. The molecule has 1 saturated carbocycles. The molecule has 1 aliphatic rings. The number of carbonyl (C=O) groups excluding carboxylic acids is 1. The third-order valence-electron chi connectivity index (χ3n) is 7.52. The molecule has 1 amide bonds. The van der Waals surface area contributed by atoms with E-state index in [2.05, 4.69) is 31.3 Å². The molecule has 2 aromatic carbocycles. The van der Waals surface area contributed by atoms with Crippen LogP contribution in [0.3, 0.4) is 0 Å². The van der Waals surface area contributed by atoms with Crippen LogP contribution in [0.2, 0.25) is 0 Å². The lowest BCUT2D eigenvalue weighted by atomic mass is 9.72. The number of anilines is 1. The molecule has 1 fully saturated rings. The summed E-state index contributed by atoms with van der Waals surface area (Å²) in [5.41, 5.74) is 4.03. The molecule has 1 aliphatic carbocycles. The first kappa shape index (κ1) is 28.4. The minimum atomic E-state index is -4.25. The highest BCUT2D eigenvalue weighted by Crippen LogP contribution is 2.36. The van der Waals surface area contributed by atoms with Crippen LogP contribution in [0.25, 0.3) is 5.69 Å². The van der Waals surface area contributed by atoms with Gasteiger partial charge in [-0.2, -0.15) is 5.10 Å². The van der Waals surface area contributed by atoms with Crippen LogP contribution in [-0.2, 0) is 21.9 Å². The summed E-state index contributed by atoms with van der Waals surface area (Å²) in [6.07, 6.45) is 3.56. The smallest absolute Gasteiger partial charge is 0.283 e. The predicted octanol–water partition coefficient (Wildman–Crippen LogP) is 4.39. The number of nitrogens with one attached hydrogen (secondary N) is 1. The van der Waals surface area contributed by atoms with Crippen molar-refractivity contribution in [2.75, 3.05) is 10.8 Å². The lowest BCUT2D eigenvalue weighted by molar-refractivity contribution is -0.119. The second-order valence-electron chi connectivity index (χ2n) is 11.1. The van der Waals surface area contributed by atoms with E-state index in [9.17, 15) is 18.0 Å². The fourth-order valence-electron chi connectivity index (χ4n) is 5.08. The quantitative estimate of drug-likeness (QED) is 0.440. The molecule has 0 aliphatic heterocycles. The van der Waals surface area contributed by atoms with Gasteiger partial charge in [-0.05, 0) is 68.2 Å². The van der Waals surface area contributed by atoms with Gasteiger partial charge < -0.3 is 0 Å². The van der Waals surface area contributed by atoms with E-state index in [-0.39, 0.29) is 16.0 Å². The number of nitrogens with zero attached hydrogens (tertiary/aromatic N) is 4. The van der Waals surface area contributed by atoms with Crippen molar-refractivity contribution in [1.29, 1.82) is 0 Å². The van der Waals surface area contributed by atoms with E-state index in [0.29, 0.717) is 17.3 Å². The number of rotatable bonds is 7. The van der Waals surface area contributed by atoms with Crippen molar-refractivity contribution < 1.29 is 13.2 Å². The second kappa shape index (κ2) is 11.2. The van der Waals surface area contributed by atoms with E-state index < -0.39 is 28.0 Å². The maximum Gasteiger partial charge on any atom is 0.296 e. The van der Waals surface area contributed by atoms with Gasteiger partial charge in [-0.1, -0.05) is 57.2 Å². The summed E-state index contributed by atoms with van der Waals surface area (Å²) in [5.74, 6) is -0.0274. The van der Waals surface area contributed by atoms with Crippen molar-refractivity contribution in [3.63, 3.8) is 0 Å². The van der Waals surface area contributed by atoms with E-state index >= 15 is 0 Å². The maximum absolute atomic E-state index is 13.8. The molecule has 0 saturated heterocycles. The van der Waals surface area contributed by atoms with Gasteiger partial charge in [0, 0.05) is 12.8 Å². The normalized spacial score (nSPS) is 16.1. The number of hydrogen-bond acceptors (Lipinski definition) is 5. The number of para-hydroxylation sites is 1. The highest BCUT2D eigenvalue weighted by Gasteiger charge is 2.33. The Bertz CT molecular complexity index is 1510. The molecule has 1 N–H and O–H groups in total. The lowest BCUT2D eigenvalue weighted by Gasteiger charge is -2.34. The predicted molar refractivity (Wildman–Crippen MR) is 154 cm³/mol. The third-order valence-corrected chi connectivity index (χ3v) is 9.28. The Labute approximate surface area is 230 Å². The first-order valence-electron chi connectivity index (χ1n) is 13.2. The highest BCUT2D eigenvalue weighted by molar-refractivity contribution is 7.92. The molecule has 9 nitrogen and oxygen atoms in total. The average Bonchev–Trinajstić information content (AvgIpc) is 3.14. The Kier molecular flexibility index (Phi) is 8.15. The van der Waals surface area contributed by atoms with Gasteiger partial charge in [0.25, 0.3) is 21.5 Å². The van der Waals surface area contributed by atoms with Crippen LogP contribution in [0.1, 0.15) is 52.1 Å². The van der Waals surface area contributed by atoms with Crippen LogP contribution in [0.5, 0.6) is 0 Å². The number of carbonyl (C=O) groups is 1. The molecule has 39 heavy (non-hydrogen) atoms. The largest absolute Gasteiger partial charge is 0.296 e. The van der Waals surface area contributed by atoms with E-state index in [1.807, 2.05) is 6.07 Å². The van der Waals surface area contributed by atoms with Crippen LogP contribution in [0, 0.1) is 18.3 Å². The summed E-state index contributed by atoms with van der Waals surface area (Å²) in [4.78, 5) is 26.8. The molecule has 0 spiro atoms. The molecule has 4 rings (SSSR count). The first-order valence-corrected chi connectivity index (χ1v) is 14.6. The molecule has 208 valence electrons. The minimum absolute atomic E-state index is 0.0152. The van der Waals surface area contributed by atoms with Gasteiger partial charge >= 0.3 is 0 Å². The molecular formula is C29H37N5O4S. The molecule has 0 bridgehead atoms. The van der Waals surface area contributed by atoms with Crippen LogP contribution in [0.15, 0.2) is 75.5 Å². The fourth-order valence-corrected chi connectivity index (χ4v) is 6.57. The van der Waals surface area contributed by atoms with Crippen molar-refractivity contribution in [2.24, 2.45) is 23.5 Å². The van der Waals surface area contributed by atoms with Crippen LogP contribution in [0.4, 0.5) is 5.69 Å². The summed E-state index contributed by atoms with van der Waals surface area (Å²) in [7, 11) is -2.57. The van der Waals surface area contributed by atoms with Gasteiger partial charge in [-0.15, -0.1) is 0 Å². The topological polar surface area (TPSA) is 106 Å². The molecule has 3 aromatic rings. The number of aromatic nitrogens is 2. The molecule has 1 aromatic heterocycles. The summed E-state index contributed by atoms with van der Waals surface area (Å²) in [6.45, 7) is 7.78. The van der Waals surface area contributed by atoms with Crippen molar-refractivity contribution in [2.45, 2.75) is 58.3 Å². The monoisotopic (exact) mass is 551 g/mol. The van der Waals surface area contributed by atoms with E-state index in [4.69, 9.17) is 0 Å². The highest BCUT2D eigenvalue weighted by atomic mass is 32.2. The van der Waals surface area contributed by atoms with Crippen LogP contribution < -0.4 is 15.3 Å². The first-order chi connectivity index (χ1) is 18.4. The molecule has 0 unspecified atom stereocenters. The van der Waals surface area contributed by atoms with Crippen LogP contribution >= 0.6 is 0 Å². The Balaban J connectivity index is 1.67. The maximum atomic E-state index is 13.8. The Hall–Kier alpha value is -3.66. The summed E-state index contributed by atoms with van der Waals surface area (Å²) >= 11 is 0. The molecule has 1 heterocycles. The fraction of sp³-hybridized carbons (Fsp3) is 0.414. The van der Waals surface area contributed by atoms with Gasteiger partial charge in [-0.3, -0.25) is 14.3 Å². The number of sulfonamides is 1. The van der Waals surface area contributed by atoms with Crippen molar-refractivity contribution in [3.05, 3.63) is 76.7 Å². The zero-order chi connectivity index (χ0) is 28.4. The Morgan fingerprint density at radius 1 is 1.03 bits per heavy atom. The summed E-state index contributed by atoms with van der Waals surface area (Å²) < 4.78 is 31.5. The number of hydrazone groups is 1. The summed E-state index contributed by atoms with van der Waals surface area (Å²) in [5, 5.41) is 4.32. The van der Waals surface area contributed by atoms with Crippen molar-refractivity contribution in [3.8, 4) is 5.69 Å². The van der Waals surface area contributed by atoms with Gasteiger partial charge in [0.05, 0.1) is 16.3 Å². The zero-order valence-electron chi connectivity index (χ0n) is 23.2. The van der Waals surface area contributed by atoms with E-state index in [1.54, 1.807) is 61.1 Å². The van der Waals surface area contributed by atoms with Crippen molar-refractivity contribution >= 4 is 27.3 Å². The van der Waals surface area contributed by atoms with Gasteiger partial charge in [0.15, 0.2) is 0 Å². The number of hydrogen-bond donors (Lipinski definition) is 1. The zero-order valence-corrected chi connectivity index (χ0v) is 24.0. The number of amides is 1. The Morgan fingerprint density at radius 3 is 2.15 bits per heavy atom. The molecule has 0 radical (unpaired) electrons.